The van der Waals surface area contributed by atoms with E-state index in [0.717, 1.165) is 12.8 Å². The fraction of sp³-hybridized carbons (Fsp3) is 0.471. The molecule has 7 heteroatoms. The van der Waals surface area contributed by atoms with Crippen LogP contribution in [0.4, 0.5) is 0 Å². The molecule has 1 saturated carbocycles. The third-order valence-corrected chi connectivity index (χ3v) is 4.41. The Morgan fingerprint density at radius 2 is 1.62 bits per heavy atom. The summed E-state index contributed by atoms with van der Waals surface area (Å²) in [5.74, 6) is -4.10. The standard InChI is InChI=1S/C17H21NO6/c19-11-7-5-10(6-8-11)9-14(17(23)24)18-15(20)12-3-1-2-4-13(12)16(21)22/h5-8,12-14,19H,1-4,9H2,(H,18,20)(H,21,22)(H,23,24). The van der Waals surface area contributed by atoms with E-state index >= 15 is 0 Å². The van der Waals surface area contributed by atoms with Crippen molar-refractivity contribution in [1.29, 1.82) is 0 Å². The summed E-state index contributed by atoms with van der Waals surface area (Å²) in [5, 5.41) is 30.3. The molecule has 3 atom stereocenters. The molecule has 1 amide bonds. The van der Waals surface area contributed by atoms with Gasteiger partial charge in [-0.3, -0.25) is 9.59 Å². The predicted octanol–water partition coefficient (Wildman–Crippen LogP) is 1.40. The number of aliphatic carboxylic acids is 2. The molecule has 0 saturated heterocycles. The van der Waals surface area contributed by atoms with Gasteiger partial charge in [-0.05, 0) is 30.5 Å². The second-order valence-electron chi connectivity index (χ2n) is 6.11. The Bertz CT molecular complexity index is 612. The van der Waals surface area contributed by atoms with Gasteiger partial charge in [0.2, 0.25) is 5.91 Å². The van der Waals surface area contributed by atoms with Crippen molar-refractivity contribution in [2.24, 2.45) is 11.8 Å². The van der Waals surface area contributed by atoms with Crippen LogP contribution in [-0.2, 0) is 20.8 Å². The summed E-state index contributed by atoms with van der Waals surface area (Å²) in [6, 6.07) is 4.91. The van der Waals surface area contributed by atoms with Crippen LogP contribution in [-0.4, -0.2) is 39.2 Å². The molecule has 1 aliphatic rings. The number of carboxylic acids is 2. The van der Waals surface area contributed by atoms with Crippen molar-refractivity contribution >= 4 is 17.8 Å². The first-order valence-electron chi connectivity index (χ1n) is 7.92. The van der Waals surface area contributed by atoms with Gasteiger partial charge in [-0.15, -0.1) is 0 Å². The number of rotatable bonds is 6. The number of carbonyl (C=O) groups excluding carboxylic acids is 1. The number of hydrogen-bond donors (Lipinski definition) is 4. The number of phenolic OH excluding ortho intramolecular Hbond substituents is 1. The lowest BCUT2D eigenvalue weighted by Crippen LogP contribution is -2.48. The topological polar surface area (TPSA) is 124 Å². The minimum atomic E-state index is -1.18. The molecule has 3 unspecified atom stereocenters. The van der Waals surface area contributed by atoms with E-state index < -0.39 is 35.7 Å². The lowest BCUT2D eigenvalue weighted by Gasteiger charge is -2.28. The van der Waals surface area contributed by atoms with Gasteiger partial charge in [0.15, 0.2) is 0 Å². The molecule has 0 bridgehead atoms. The van der Waals surface area contributed by atoms with Crippen LogP contribution in [0.15, 0.2) is 24.3 Å². The molecule has 0 radical (unpaired) electrons. The summed E-state index contributed by atoms with van der Waals surface area (Å²) in [7, 11) is 0. The zero-order valence-electron chi connectivity index (χ0n) is 13.1. The molecule has 1 aromatic carbocycles. The molecule has 7 nitrogen and oxygen atoms in total. The Balaban J connectivity index is 2.06. The molecule has 0 aromatic heterocycles. The van der Waals surface area contributed by atoms with E-state index in [1.165, 1.54) is 12.1 Å². The van der Waals surface area contributed by atoms with Crippen molar-refractivity contribution < 1.29 is 29.7 Å². The van der Waals surface area contributed by atoms with Crippen molar-refractivity contribution in [3.8, 4) is 5.75 Å². The van der Waals surface area contributed by atoms with Crippen LogP contribution in [0.2, 0.25) is 0 Å². The Hall–Kier alpha value is -2.57. The highest BCUT2D eigenvalue weighted by molar-refractivity contribution is 5.88. The minimum Gasteiger partial charge on any atom is -0.508 e. The number of nitrogens with one attached hydrogen (secondary N) is 1. The SMILES string of the molecule is O=C(O)C(Cc1ccc(O)cc1)NC(=O)C1CCCCC1C(=O)O. The highest BCUT2D eigenvalue weighted by atomic mass is 16.4. The number of amides is 1. The van der Waals surface area contributed by atoms with Gasteiger partial charge < -0.3 is 20.6 Å². The maximum Gasteiger partial charge on any atom is 0.326 e. The number of carboxylic acid groups (broad SMARTS) is 2. The van der Waals surface area contributed by atoms with Gasteiger partial charge in [-0.2, -0.15) is 0 Å². The third kappa shape index (κ3) is 4.47. The summed E-state index contributed by atoms with van der Waals surface area (Å²) >= 11 is 0. The average Bonchev–Trinajstić information content (AvgIpc) is 2.56. The molecule has 2 rings (SSSR count). The normalized spacial score (nSPS) is 21.7. The molecule has 0 aliphatic heterocycles. The van der Waals surface area contributed by atoms with Crippen LogP contribution in [0.5, 0.6) is 5.75 Å². The first-order valence-corrected chi connectivity index (χ1v) is 7.92. The Morgan fingerprint density at radius 3 is 2.17 bits per heavy atom. The zero-order chi connectivity index (χ0) is 17.7. The second kappa shape index (κ2) is 7.81. The van der Waals surface area contributed by atoms with Gasteiger partial charge in [-0.25, -0.2) is 4.79 Å². The van der Waals surface area contributed by atoms with E-state index in [1.807, 2.05) is 0 Å². The largest absolute Gasteiger partial charge is 0.508 e. The molecular formula is C17H21NO6. The molecule has 1 aliphatic carbocycles. The highest BCUT2D eigenvalue weighted by Gasteiger charge is 2.37. The molecule has 130 valence electrons. The molecule has 24 heavy (non-hydrogen) atoms. The van der Waals surface area contributed by atoms with Crippen LogP contribution < -0.4 is 5.32 Å². The van der Waals surface area contributed by atoms with E-state index in [1.54, 1.807) is 12.1 Å². The molecule has 1 aromatic rings. The van der Waals surface area contributed by atoms with Gasteiger partial charge >= 0.3 is 11.9 Å². The number of aromatic hydroxyl groups is 1. The van der Waals surface area contributed by atoms with Crippen LogP contribution >= 0.6 is 0 Å². The summed E-state index contributed by atoms with van der Waals surface area (Å²) in [5.41, 5.74) is 0.652. The lowest BCUT2D eigenvalue weighted by atomic mass is 9.78. The van der Waals surface area contributed by atoms with Crippen molar-refractivity contribution in [2.75, 3.05) is 0 Å². The van der Waals surface area contributed by atoms with Gasteiger partial charge in [0.05, 0.1) is 11.8 Å². The van der Waals surface area contributed by atoms with Crippen molar-refractivity contribution in [3.63, 3.8) is 0 Å². The van der Waals surface area contributed by atoms with Crippen LogP contribution in [0.3, 0.4) is 0 Å². The molecule has 1 fully saturated rings. The first-order chi connectivity index (χ1) is 11.4. The Labute approximate surface area is 139 Å². The second-order valence-corrected chi connectivity index (χ2v) is 6.11. The van der Waals surface area contributed by atoms with Crippen molar-refractivity contribution in [3.05, 3.63) is 29.8 Å². The van der Waals surface area contributed by atoms with Crippen LogP contribution in [0.1, 0.15) is 31.2 Å². The number of carbonyl (C=O) groups is 3. The minimum absolute atomic E-state index is 0.0613. The van der Waals surface area contributed by atoms with E-state index in [0.29, 0.717) is 18.4 Å². The van der Waals surface area contributed by atoms with Crippen molar-refractivity contribution in [1.82, 2.24) is 5.32 Å². The lowest BCUT2D eigenvalue weighted by molar-refractivity contribution is -0.149. The van der Waals surface area contributed by atoms with Crippen LogP contribution in [0.25, 0.3) is 0 Å². The fourth-order valence-corrected chi connectivity index (χ4v) is 3.09. The van der Waals surface area contributed by atoms with Crippen molar-refractivity contribution in [2.45, 2.75) is 38.1 Å². The van der Waals surface area contributed by atoms with E-state index in [2.05, 4.69) is 5.32 Å². The van der Waals surface area contributed by atoms with Gasteiger partial charge in [0.1, 0.15) is 11.8 Å². The summed E-state index contributed by atoms with van der Waals surface area (Å²) < 4.78 is 0. The number of hydrogen-bond acceptors (Lipinski definition) is 4. The smallest absolute Gasteiger partial charge is 0.326 e. The fourth-order valence-electron chi connectivity index (χ4n) is 3.09. The monoisotopic (exact) mass is 335 g/mol. The Morgan fingerprint density at radius 1 is 1.04 bits per heavy atom. The maximum atomic E-state index is 12.4. The first kappa shape index (κ1) is 17.8. The maximum absolute atomic E-state index is 12.4. The summed E-state index contributed by atoms with van der Waals surface area (Å²) in [6.45, 7) is 0. The third-order valence-electron chi connectivity index (χ3n) is 4.41. The quantitative estimate of drug-likeness (QED) is 0.623. The molecular weight excluding hydrogens is 314 g/mol. The summed E-state index contributed by atoms with van der Waals surface area (Å²) in [6.07, 6.45) is 2.47. The number of phenols is 1. The average molecular weight is 335 g/mol. The van der Waals surface area contributed by atoms with Gasteiger partial charge in [0, 0.05) is 6.42 Å². The zero-order valence-corrected chi connectivity index (χ0v) is 13.1. The highest BCUT2D eigenvalue weighted by Crippen LogP contribution is 2.30. The van der Waals surface area contributed by atoms with E-state index in [-0.39, 0.29) is 12.2 Å². The van der Waals surface area contributed by atoms with E-state index in [9.17, 15) is 29.7 Å². The molecule has 4 N–H and O–H groups in total. The van der Waals surface area contributed by atoms with E-state index in [4.69, 9.17) is 0 Å². The van der Waals surface area contributed by atoms with Crippen LogP contribution in [0, 0.1) is 11.8 Å². The summed E-state index contributed by atoms with van der Waals surface area (Å²) in [4.78, 5) is 35.1. The molecule has 0 heterocycles. The van der Waals surface area contributed by atoms with Gasteiger partial charge in [0.25, 0.3) is 0 Å². The predicted molar refractivity (Wildman–Crippen MR) is 84.5 cm³/mol. The molecule has 0 spiro atoms. The van der Waals surface area contributed by atoms with Gasteiger partial charge in [-0.1, -0.05) is 25.0 Å². The Kier molecular flexibility index (Phi) is 5.78. The number of benzene rings is 1.